The number of nitrogens with one attached hydrogen (secondary N) is 2. The number of sulfone groups is 1. The van der Waals surface area contributed by atoms with Gasteiger partial charge in [-0.2, -0.15) is 0 Å². The smallest absolute Gasteiger partial charge is 0.251 e. The van der Waals surface area contributed by atoms with Crippen LogP contribution in [0.25, 0.3) is 0 Å². The van der Waals surface area contributed by atoms with Gasteiger partial charge in [0, 0.05) is 24.2 Å². The minimum absolute atomic E-state index is 0.0225. The average molecular weight is 379 g/mol. The second-order valence-corrected chi connectivity index (χ2v) is 9.24. The van der Waals surface area contributed by atoms with Gasteiger partial charge in [-0.15, -0.1) is 0 Å². The number of carbonyl (C=O) groups is 2. The molecule has 3 rings (SSSR count). The maximum Gasteiger partial charge on any atom is 0.251 e. The number of carbonyl (C=O) groups excluding carboxylic acids is 2. The zero-order valence-corrected chi connectivity index (χ0v) is 15.7. The molecule has 2 aliphatic heterocycles. The van der Waals surface area contributed by atoms with Crippen LogP contribution in [-0.4, -0.2) is 61.8 Å². The Kier molecular flexibility index (Phi) is 5.62. The summed E-state index contributed by atoms with van der Waals surface area (Å²) in [6, 6.07) is 6.07. The van der Waals surface area contributed by atoms with Gasteiger partial charge in [0.05, 0.1) is 17.5 Å². The van der Waals surface area contributed by atoms with E-state index in [9.17, 15) is 18.0 Å². The lowest BCUT2D eigenvalue weighted by Crippen LogP contribution is -2.52. The maximum atomic E-state index is 12.6. The van der Waals surface area contributed by atoms with E-state index in [1.54, 1.807) is 24.3 Å². The summed E-state index contributed by atoms with van der Waals surface area (Å²) in [5.41, 5.74) is 0.940. The lowest BCUT2D eigenvalue weighted by atomic mass is 10.0. The van der Waals surface area contributed by atoms with Crippen LogP contribution in [0.4, 0.5) is 5.69 Å². The predicted octanol–water partition coefficient (Wildman–Crippen LogP) is 1.03. The van der Waals surface area contributed by atoms with E-state index in [1.165, 1.54) is 13.3 Å². The van der Waals surface area contributed by atoms with Crippen LogP contribution in [0.5, 0.6) is 0 Å². The van der Waals surface area contributed by atoms with Crippen molar-refractivity contribution < 1.29 is 18.0 Å². The van der Waals surface area contributed by atoms with Crippen LogP contribution in [0, 0.1) is 0 Å². The fraction of sp³-hybridized carbons (Fsp3) is 0.556. The fourth-order valence-corrected chi connectivity index (χ4v) is 5.72. The summed E-state index contributed by atoms with van der Waals surface area (Å²) >= 11 is 0. The molecule has 1 aromatic rings. The first-order valence-corrected chi connectivity index (χ1v) is 10.8. The summed E-state index contributed by atoms with van der Waals surface area (Å²) in [5, 5.41) is 5.55. The van der Waals surface area contributed by atoms with Crippen LogP contribution < -0.4 is 10.6 Å². The molecule has 26 heavy (non-hydrogen) atoms. The summed E-state index contributed by atoms with van der Waals surface area (Å²) in [6.07, 6.45) is 3.30. The van der Waals surface area contributed by atoms with Crippen molar-refractivity contribution in [1.82, 2.24) is 10.2 Å². The number of likely N-dealkylation sites (tertiary alicyclic amines) is 1. The monoisotopic (exact) mass is 379 g/mol. The van der Waals surface area contributed by atoms with E-state index < -0.39 is 15.9 Å². The van der Waals surface area contributed by atoms with Crippen LogP contribution in [0.15, 0.2) is 24.3 Å². The van der Waals surface area contributed by atoms with Crippen molar-refractivity contribution in [2.45, 2.75) is 38.3 Å². The molecule has 0 bridgehead atoms. The molecule has 2 N–H and O–H groups in total. The third-order valence-corrected chi connectivity index (χ3v) is 6.66. The number of benzene rings is 1. The number of piperidine rings is 1. The molecule has 0 radical (unpaired) electrons. The molecule has 0 spiro atoms. The SMILES string of the molecule is CC(=O)Nc1cccc(C(=O)NC2CS(=O)(=O)CC2N2CCCCC2)c1. The van der Waals surface area contributed by atoms with E-state index in [1.807, 2.05) is 0 Å². The van der Waals surface area contributed by atoms with Crippen LogP contribution >= 0.6 is 0 Å². The van der Waals surface area contributed by atoms with Crippen LogP contribution in [0.2, 0.25) is 0 Å². The van der Waals surface area contributed by atoms with Crippen LogP contribution in [-0.2, 0) is 14.6 Å². The Morgan fingerprint density at radius 3 is 2.54 bits per heavy atom. The van der Waals surface area contributed by atoms with Gasteiger partial charge in [-0.1, -0.05) is 12.5 Å². The van der Waals surface area contributed by atoms with Crippen molar-refractivity contribution in [1.29, 1.82) is 0 Å². The molecular formula is C18H25N3O4S. The molecule has 2 aliphatic rings. The number of anilines is 1. The van der Waals surface area contributed by atoms with Gasteiger partial charge in [0.15, 0.2) is 9.84 Å². The van der Waals surface area contributed by atoms with Gasteiger partial charge in [0.2, 0.25) is 5.91 Å². The molecule has 7 nitrogen and oxygen atoms in total. The molecule has 0 aliphatic carbocycles. The normalized spacial score (nSPS) is 25.6. The van der Waals surface area contributed by atoms with E-state index in [0.29, 0.717) is 11.3 Å². The second kappa shape index (κ2) is 7.75. The third-order valence-electron chi connectivity index (χ3n) is 4.94. The Bertz CT molecular complexity index is 787. The molecule has 2 unspecified atom stereocenters. The predicted molar refractivity (Wildman–Crippen MR) is 99.9 cm³/mol. The first kappa shape index (κ1) is 18.8. The van der Waals surface area contributed by atoms with Gasteiger partial charge in [0.25, 0.3) is 5.91 Å². The molecule has 8 heteroatoms. The van der Waals surface area contributed by atoms with E-state index >= 15 is 0 Å². The van der Waals surface area contributed by atoms with Crippen LogP contribution in [0.1, 0.15) is 36.5 Å². The Morgan fingerprint density at radius 2 is 1.85 bits per heavy atom. The largest absolute Gasteiger partial charge is 0.347 e. The molecule has 2 atom stereocenters. The lowest BCUT2D eigenvalue weighted by Gasteiger charge is -2.35. The number of amides is 2. The Morgan fingerprint density at radius 1 is 1.12 bits per heavy atom. The van der Waals surface area contributed by atoms with E-state index in [-0.39, 0.29) is 29.4 Å². The highest BCUT2D eigenvalue weighted by Gasteiger charge is 2.41. The number of nitrogens with zero attached hydrogens (tertiary/aromatic N) is 1. The molecule has 2 saturated heterocycles. The van der Waals surface area contributed by atoms with Crippen molar-refractivity contribution in [3.05, 3.63) is 29.8 Å². The Hall–Kier alpha value is -1.93. The summed E-state index contributed by atoms with van der Waals surface area (Å²) in [7, 11) is -3.16. The second-order valence-electron chi connectivity index (χ2n) is 7.08. The van der Waals surface area contributed by atoms with Gasteiger partial charge < -0.3 is 10.6 Å². The van der Waals surface area contributed by atoms with E-state index in [2.05, 4.69) is 15.5 Å². The lowest BCUT2D eigenvalue weighted by molar-refractivity contribution is -0.114. The summed E-state index contributed by atoms with van der Waals surface area (Å²) in [5.74, 6) is -0.453. The molecular weight excluding hydrogens is 354 g/mol. The highest BCUT2D eigenvalue weighted by Crippen LogP contribution is 2.23. The minimum Gasteiger partial charge on any atom is -0.347 e. The third kappa shape index (κ3) is 4.62. The molecule has 142 valence electrons. The van der Waals surface area contributed by atoms with Gasteiger partial charge in [-0.25, -0.2) is 8.42 Å². The molecule has 0 saturated carbocycles. The minimum atomic E-state index is -3.16. The van der Waals surface area contributed by atoms with Gasteiger partial charge in [-0.3, -0.25) is 14.5 Å². The van der Waals surface area contributed by atoms with Gasteiger partial charge in [0.1, 0.15) is 0 Å². The van der Waals surface area contributed by atoms with Crippen molar-refractivity contribution in [3.63, 3.8) is 0 Å². The van der Waals surface area contributed by atoms with Crippen molar-refractivity contribution in [2.75, 3.05) is 29.9 Å². The number of hydrogen-bond donors (Lipinski definition) is 2. The maximum absolute atomic E-state index is 12.6. The van der Waals surface area contributed by atoms with E-state index in [4.69, 9.17) is 0 Å². The first-order chi connectivity index (χ1) is 12.3. The summed E-state index contributed by atoms with van der Waals surface area (Å²) < 4.78 is 24.3. The molecule has 2 amide bonds. The summed E-state index contributed by atoms with van der Waals surface area (Å²) in [4.78, 5) is 26.0. The topological polar surface area (TPSA) is 95.6 Å². The van der Waals surface area contributed by atoms with Crippen LogP contribution in [0.3, 0.4) is 0 Å². The van der Waals surface area contributed by atoms with Crippen molar-refractivity contribution in [3.8, 4) is 0 Å². The standard InChI is InChI=1S/C18H25N3O4S/c1-13(22)19-15-7-5-6-14(10-15)18(23)20-16-11-26(24,25)12-17(16)21-8-3-2-4-9-21/h5-7,10,16-17H,2-4,8-9,11-12H2,1H3,(H,19,22)(H,20,23). The molecule has 0 aromatic heterocycles. The molecule has 2 heterocycles. The van der Waals surface area contributed by atoms with Gasteiger partial charge in [-0.05, 0) is 44.1 Å². The fourth-order valence-electron chi connectivity index (χ4n) is 3.77. The summed E-state index contributed by atoms with van der Waals surface area (Å²) in [6.45, 7) is 3.16. The average Bonchev–Trinajstić information content (AvgIpc) is 2.89. The van der Waals surface area contributed by atoms with Crippen molar-refractivity contribution >= 4 is 27.3 Å². The molecule has 1 aromatic carbocycles. The number of hydrogen-bond acceptors (Lipinski definition) is 5. The highest BCUT2D eigenvalue weighted by atomic mass is 32.2. The Balaban J connectivity index is 1.73. The van der Waals surface area contributed by atoms with Gasteiger partial charge >= 0.3 is 0 Å². The highest BCUT2D eigenvalue weighted by molar-refractivity contribution is 7.91. The molecule has 2 fully saturated rings. The zero-order valence-electron chi connectivity index (χ0n) is 14.9. The number of rotatable bonds is 4. The quantitative estimate of drug-likeness (QED) is 0.815. The zero-order chi connectivity index (χ0) is 18.7. The Labute approximate surface area is 154 Å². The van der Waals surface area contributed by atoms with E-state index in [0.717, 1.165) is 25.9 Å². The van der Waals surface area contributed by atoms with Crippen molar-refractivity contribution in [2.24, 2.45) is 0 Å². The first-order valence-electron chi connectivity index (χ1n) is 8.97.